The molecule has 0 aliphatic heterocycles. The molecule has 4 N–H and O–H groups in total. The molecule has 0 saturated heterocycles. The van der Waals surface area contributed by atoms with Gasteiger partial charge in [0.2, 0.25) is 0 Å². The predicted molar refractivity (Wildman–Crippen MR) is 87.5 cm³/mol. The molecule has 4 nitrogen and oxygen atoms in total. The van der Waals surface area contributed by atoms with Crippen molar-refractivity contribution in [3.8, 4) is 11.5 Å². The van der Waals surface area contributed by atoms with Crippen LogP contribution in [0.4, 0.5) is 0 Å². The molecule has 0 fully saturated rings. The van der Waals surface area contributed by atoms with E-state index in [0.29, 0.717) is 24.7 Å². The third kappa shape index (κ3) is 3.97. The molecule has 21 heavy (non-hydrogen) atoms. The minimum Gasteiger partial charge on any atom is -0.497 e. The van der Waals surface area contributed by atoms with E-state index in [1.807, 2.05) is 42.5 Å². The third-order valence-electron chi connectivity index (χ3n) is 3.16. The number of methoxy groups -OCH3 is 1. The van der Waals surface area contributed by atoms with E-state index in [9.17, 15) is 0 Å². The number of ether oxygens (including phenoxy) is 2. The Morgan fingerprint density at radius 3 is 2.52 bits per heavy atom. The Kier molecular flexibility index (Phi) is 5.61. The maximum atomic E-state index is 6.08. The molecule has 2 aromatic rings. The highest BCUT2D eigenvalue weighted by Gasteiger charge is 2.16. The number of halogens is 1. The van der Waals surface area contributed by atoms with Gasteiger partial charge in [0.05, 0.1) is 11.6 Å². The summed E-state index contributed by atoms with van der Waals surface area (Å²) in [7, 11) is 1.62. The molecule has 2 rings (SSSR count). The first-order valence-corrected chi connectivity index (χ1v) is 7.44. The molecule has 0 amide bonds. The summed E-state index contributed by atoms with van der Waals surface area (Å²) in [6, 6.07) is 13.4. The highest BCUT2D eigenvalue weighted by atomic mass is 79.9. The molecule has 0 saturated carbocycles. The third-order valence-corrected chi connectivity index (χ3v) is 3.75. The molecule has 5 heteroatoms. The average Bonchev–Trinajstić information content (AvgIpc) is 2.53. The fourth-order valence-electron chi connectivity index (χ4n) is 1.99. The smallest absolute Gasteiger partial charge is 0.139 e. The van der Waals surface area contributed by atoms with Gasteiger partial charge in [-0.3, -0.25) is 0 Å². The van der Waals surface area contributed by atoms with Crippen LogP contribution in [-0.4, -0.2) is 13.7 Å². The summed E-state index contributed by atoms with van der Waals surface area (Å²) in [6.07, 6.45) is 0. The van der Waals surface area contributed by atoms with Crippen molar-refractivity contribution < 1.29 is 9.47 Å². The Bertz CT molecular complexity index is 590. The highest BCUT2D eigenvalue weighted by molar-refractivity contribution is 9.10. The Hall–Kier alpha value is -1.56. The monoisotopic (exact) mass is 350 g/mol. The van der Waals surface area contributed by atoms with Crippen LogP contribution in [0.25, 0.3) is 0 Å². The van der Waals surface area contributed by atoms with E-state index in [4.69, 9.17) is 20.9 Å². The van der Waals surface area contributed by atoms with Gasteiger partial charge >= 0.3 is 0 Å². The van der Waals surface area contributed by atoms with Crippen LogP contribution in [-0.2, 0) is 6.61 Å². The standard InChI is InChI=1S/C16H19BrN2O2/c1-20-12-7-13(15(19)9-18)16(14(17)8-12)21-10-11-5-3-2-4-6-11/h2-8,15H,9-10,18-19H2,1H3. The first-order chi connectivity index (χ1) is 10.2. The van der Waals surface area contributed by atoms with Gasteiger partial charge in [-0.15, -0.1) is 0 Å². The van der Waals surface area contributed by atoms with Crippen LogP contribution in [0, 0.1) is 0 Å². The zero-order valence-electron chi connectivity index (χ0n) is 11.9. The van der Waals surface area contributed by atoms with Crippen molar-refractivity contribution in [2.24, 2.45) is 11.5 Å². The van der Waals surface area contributed by atoms with Gasteiger partial charge in [-0.05, 0) is 33.6 Å². The van der Waals surface area contributed by atoms with Gasteiger partial charge in [0.15, 0.2) is 0 Å². The topological polar surface area (TPSA) is 70.5 Å². The highest BCUT2D eigenvalue weighted by Crippen LogP contribution is 2.36. The summed E-state index contributed by atoms with van der Waals surface area (Å²) >= 11 is 3.51. The predicted octanol–water partition coefficient (Wildman–Crippen LogP) is 3.00. The van der Waals surface area contributed by atoms with Crippen molar-refractivity contribution in [2.75, 3.05) is 13.7 Å². The van der Waals surface area contributed by atoms with Crippen molar-refractivity contribution in [1.29, 1.82) is 0 Å². The zero-order valence-corrected chi connectivity index (χ0v) is 13.5. The summed E-state index contributed by atoms with van der Waals surface area (Å²) in [5, 5.41) is 0. The number of benzene rings is 2. The van der Waals surface area contributed by atoms with E-state index >= 15 is 0 Å². The van der Waals surface area contributed by atoms with Gasteiger partial charge in [-0.1, -0.05) is 30.3 Å². The first-order valence-electron chi connectivity index (χ1n) is 6.65. The lowest BCUT2D eigenvalue weighted by Gasteiger charge is -2.18. The minimum atomic E-state index is -0.304. The number of hydrogen-bond acceptors (Lipinski definition) is 4. The fourth-order valence-corrected chi connectivity index (χ4v) is 2.56. The number of nitrogens with two attached hydrogens (primary N) is 2. The maximum absolute atomic E-state index is 6.08. The number of hydrogen-bond donors (Lipinski definition) is 2. The van der Waals surface area contributed by atoms with Gasteiger partial charge < -0.3 is 20.9 Å². The van der Waals surface area contributed by atoms with E-state index in [0.717, 1.165) is 15.6 Å². The van der Waals surface area contributed by atoms with E-state index in [1.165, 1.54) is 0 Å². The van der Waals surface area contributed by atoms with Crippen LogP contribution in [0.3, 0.4) is 0 Å². The molecule has 2 aromatic carbocycles. The Morgan fingerprint density at radius 2 is 1.90 bits per heavy atom. The van der Waals surface area contributed by atoms with Crippen molar-refractivity contribution in [3.63, 3.8) is 0 Å². The van der Waals surface area contributed by atoms with Crippen LogP contribution in [0.1, 0.15) is 17.2 Å². The first kappa shape index (κ1) is 15.8. The van der Waals surface area contributed by atoms with Gasteiger partial charge in [-0.25, -0.2) is 0 Å². The lowest BCUT2D eigenvalue weighted by atomic mass is 10.1. The van der Waals surface area contributed by atoms with Gasteiger partial charge in [0.1, 0.15) is 18.1 Å². The summed E-state index contributed by atoms with van der Waals surface area (Å²) in [5.74, 6) is 1.42. The SMILES string of the molecule is COc1cc(Br)c(OCc2ccccc2)c(C(N)CN)c1. The van der Waals surface area contributed by atoms with Crippen molar-refractivity contribution in [2.45, 2.75) is 12.6 Å². The molecule has 0 aliphatic carbocycles. The lowest BCUT2D eigenvalue weighted by Crippen LogP contribution is -2.21. The fraction of sp³-hybridized carbons (Fsp3) is 0.250. The average molecular weight is 351 g/mol. The lowest BCUT2D eigenvalue weighted by molar-refractivity contribution is 0.298. The van der Waals surface area contributed by atoms with Crippen molar-refractivity contribution in [3.05, 3.63) is 58.1 Å². The largest absolute Gasteiger partial charge is 0.497 e. The van der Waals surface area contributed by atoms with Crippen molar-refractivity contribution in [1.82, 2.24) is 0 Å². The summed E-state index contributed by atoms with van der Waals surface area (Å²) in [4.78, 5) is 0. The summed E-state index contributed by atoms with van der Waals surface area (Å²) in [5.41, 5.74) is 13.7. The zero-order chi connectivity index (χ0) is 15.2. The molecule has 112 valence electrons. The molecular formula is C16H19BrN2O2. The van der Waals surface area contributed by atoms with E-state index in [2.05, 4.69) is 15.9 Å². The molecule has 1 atom stereocenters. The Labute approximate surface area is 133 Å². The molecule has 0 spiro atoms. The van der Waals surface area contributed by atoms with Crippen LogP contribution in [0.2, 0.25) is 0 Å². The Balaban J connectivity index is 2.28. The minimum absolute atomic E-state index is 0.304. The van der Waals surface area contributed by atoms with E-state index in [-0.39, 0.29) is 6.04 Å². The molecule has 0 radical (unpaired) electrons. The molecule has 0 aliphatic rings. The molecule has 0 aromatic heterocycles. The molecular weight excluding hydrogens is 332 g/mol. The number of rotatable bonds is 6. The van der Waals surface area contributed by atoms with Crippen molar-refractivity contribution >= 4 is 15.9 Å². The quantitative estimate of drug-likeness (QED) is 0.839. The molecule has 0 heterocycles. The summed E-state index contributed by atoms with van der Waals surface area (Å²) < 4.78 is 12.0. The van der Waals surface area contributed by atoms with Crippen LogP contribution >= 0.6 is 15.9 Å². The van der Waals surface area contributed by atoms with Crippen LogP contribution < -0.4 is 20.9 Å². The van der Waals surface area contributed by atoms with Crippen LogP contribution in [0.5, 0.6) is 11.5 Å². The second-order valence-corrected chi connectivity index (χ2v) is 5.50. The maximum Gasteiger partial charge on any atom is 0.139 e. The van der Waals surface area contributed by atoms with Gasteiger partial charge in [0.25, 0.3) is 0 Å². The second-order valence-electron chi connectivity index (χ2n) is 4.64. The molecule has 0 bridgehead atoms. The summed E-state index contributed by atoms with van der Waals surface area (Å²) in [6.45, 7) is 0.803. The second kappa shape index (κ2) is 7.45. The van der Waals surface area contributed by atoms with Gasteiger partial charge in [0, 0.05) is 18.2 Å². The van der Waals surface area contributed by atoms with Gasteiger partial charge in [-0.2, -0.15) is 0 Å². The van der Waals surface area contributed by atoms with Crippen LogP contribution in [0.15, 0.2) is 46.9 Å². The van der Waals surface area contributed by atoms with E-state index < -0.39 is 0 Å². The van der Waals surface area contributed by atoms with E-state index in [1.54, 1.807) is 7.11 Å². The normalized spacial score (nSPS) is 12.0. The molecule has 1 unspecified atom stereocenters. The Morgan fingerprint density at radius 1 is 1.19 bits per heavy atom.